The average Bonchev–Trinajstić information content (AvgIpc) is 2.22. The van der Waals surface area contributed by atoms with Gasteiger partial charge in [-0.15, -0.1) is 0 Å². The van der Waals surface area contributed by atoms with E-state index in [1.54, 1.807) is 20.1 Å². The Balaban J connectivity index is 2.56. The summed E-state index contributed by atoms with van der Waals surface area (Å²) in [6.07, 6.45) is 0. The van der Waals surface area contributed by atoms with Gasteiger partial charge in [-0.1, -0.05) is 15.9 Å². The summed E-state index contributed by atoms with van der Waals surface area (Å²) in [6.45, 7) is 2.19. The number of urea groups is 1. The van der Waals surface area contributed by atoms with Crippen LogP contribution in [0.15, 0.2) is 22.7 Å². The third-order valence-corrected chi connectivity index (χ3v) is 2.47. The molecule has 0 aliphatic rings. The number of rotatable bonds is 4. The summed E-state index contributed by atoms with van der Waals surface area (Å²) in [5.41, 5.74) is 0.135. The lowest BCUT2D eigenvalue weighted by Gasteiger charge is -2.13. The number of hydrogen-bond donors (Lipinski definition) is 2. The van der Waals surface area contributed by atoms with E-state index < -0.39 is 11.8 Å². The molecule has 0 saturated carbocycles. The van der Waals surface area contributed by atoms with Crippen LogP contribution in [-0.4, -0.2) is 25.8 Å². The van der Waals surface area contributed by atoms with Crippen LogP contribution in [0.1, 0.15) is 6.92 Å². The second-order valence-electron chi connectivity index (χ2n) is 3.58. The predicted molar refractivity (Wildman–Crippen MR) is 67.6 cm³/mol. The Labute approximate surface area is 108 Å². The van der Waals surface area contributed by atoms with Crippen LogP contribution in [0, 0.1) is 5.82 Å². The summed E-state index contributed by atoms with van der Waals surface area (Å²) >= 11 is 3.14. The number of hydrogen-bond acceptors (Lipinski definition) is 2. The molecule has 1 aromatic rings. The maximum atomic E-state index is 13.4. The van der Waals surface area contributed by atoms with E-state index >= 15 is 0 Å². The predicted octanol–water partition coefficient (Wildman–Crippen LogP) is 2.74. The molecule has 2 amide bonds. The van der Waals surface area contributed by atoms with Gasteiger partial charge in [0.15, 0.2) is 0 Å². The van der Waals surface area contributed by atoms with Crippen molar-refractivity contribution in [1.82, 2.24) is 5.32 Å². The second kappa shape index (κ2) is 6.56. The van der Waals surface area contributed by atoms with Crippen LogP contribution in [0.4, 0.5) is 14.9 Å². The number of carbonyl (C=O) groups is 1. The number of carbonyl (C=O) groups excluding carboxylic acids is 1. The zero-order chi connectivity index (χ0) is 12.8. The van der Waals surface area contributed by atoms with E-state index in [9.17, 15) is 9.18 Å². The van der Waals surface area contributed by atoms with Crippen molar-refractivity contribution in [2.75, 3.05) is 19.0 Å². The van der Waals surface area contributed by atoms with Crippen molar-refractivity contribution in [2.45, 2.75) is 13.0 Å². The first-order valence-corrected chi connectivity index (χ1v) is 5.83. The highest BCUT2D eigenvalue weighted by molar-refractivity contribution is 9.10. The highest BCUT2D eigenvalue weighted by Crippen LogP contribution is 2.19. The molecule has 2 N–H and O–H groups in total. The van der Waals surface area contributed by atoms with Crippen molar-refractivity contribution in [1.29, 1.82) is 0 Å². The number of methoxy groups -OCH3 is 1. The lowest BCUT2D eigenvalue weighted by atomic mass is 10.3. The smallest absolute Gasteiger partial charge is 0.319 e. The van der Waals surface area contributed by atoms with E-state index in [1.807, 2.05) is 0 Å². The SMILES string of the molecule is COC[C@H](C)NC(=O)Nc1ccc(Br)cc1F. The van der Waals surface area contributed by atoms with Crippen molar-refractivity contribution in [3.63, 3.8) is 0 Å². The molecule has 0 spiro atoms. The van der Waals surface area contributed by atoms with Gasteiger partial charge in [-0.25, -0.2) is 9.18 Å². The van der Waals surface area contributed by atoms with Gasteiger partial charge in [-0.2, -0.15) is 0 Å². The Morgan fingerprint density at radius 2 is 2.29 bits per heavy atom. The molecule has 0 saturated heterocycles. The van der Waals surface area contributed by atoms with Crippen molar-refractivity contribution < 1.29 is 13.9 Å². The van der Waals surface area contributed by atoms with Gasteiger partial charge in [0.05, 0.1) is 18.3 Å². The fraction of sp³-hybridized carbons (Fsp3) is 0.364. The van der Waals surface area contributed by atoms with Crippen molar-refractivity contribution in [3.8, 4) is 0 Å². The third-order valence-electron chi connectivity index (χ3n) is 1.97. The molecular formula is C11H14BrFN2O2. The summed E-state index contributed by atoms with van der Waals surface area (Å²) in [4.78, 5) is 11.5. The lowest BCUT2D eigenvalue weighted by molar-refractivity contribution is 0.173. The maximum Gasteiger partial charge on any atom is 0.319 e. The number of anilines is 1. The molecule has 0 radical (unpaired) electrons. The van der Waals surface area contributed by atoms with Gasteiger partial charge in [0, 0.05) is 11.6 Å². The third kappa shape index (κ3) is 4.70. The summed E-state index contributed by atoms with van der Waals surface area (Å²) in [5, 5.41) is 5.04. The zero-order valence-electron chi connectivity index (χ0n) is 9.59. The van der Waals surface area contributed by atoms with Crippen LogP contribution in [0.2, 0.25) is 0 Å². The van der Waals surface area contributed by atoms with E-state index in [0.717, 1.165) is 0 Å². The number of halogens is 2. The number of ether oxygens (including phenoxy) is 1. The molecule has 0 heterocycles. The second-order valence-corrected chi connectivity index (χ2v) is 4.49. The molecule has 4 nitrogen and oxygen atoms in total. The molecule has 1 rings (SSSR count). The average molecular weight is 305 g/mol. The van der Waals surface area contributed by atoms with Gasteiger partial charge >= 0.3 is 6.03 Å². The van der Waals surface area contributed by atoms with E-state index in [0.29, 0.717) is 11.1 Å². The molecule has 6 heteroatoms. The number of nitrogens with one attached hydrogen (secondary N) is 2. The molecule has 0 aliphatic heterocycles. The highest BCUT2D eigenvalue weighted by Gasteiger charge is 2.09. The number of benzene rings is 1. The molecular weight excluding hydrogens is 291 g/mol. The normalized spacial score (nSPS) is 12.0. The first-order chi connectivity index (χ1) is 8.02. The summed E-state index contributed by atoms with van der Waals surface area (Å²) < 4.78 is 18.9. The molecule has 0 fully saturated rings. The topological polar surface area (TPSA) is 50.4 Å². The maximum absolute atomic E-state index is 13.4. The van der Waals surface area contributed by atoms with Gasteiger partial charge in [-0.05, 0) is 25.1 Å². The Morgan fingerprint density at radius 3 is 2.88 bits per heavy atom. The first-order valence-electron chi connectivity index (χ1n) is 5.04. The minimum absolute atomic E-state index is 0.135. The summed E-state index contributed by atoms with van der Waals surface area (Å²) in [5.74, 6) is -0.492. The van der Waals surface area contributed by atoms with Gasteiger partial charge < -0.3 is 15.4 Å². The van der Waals surface area contributed by atoms with Gasteiger partial charge in [0.25, 0.3) is 0 Å². The largest absolute Gasteiger partial charge is 0.383 e. The molecule has 0 aliphatic carbocycles. The Bertz CT molecular complexity index is 401. The molecule has 1 aromatic carbocycles. The van der Waals surface area contributed by atoms with Crippen LogP contribution >= 0.6 is 15.9 Å². The summed E-state index contributed by atoms with van der Waals surface area (Å²) in [7, 11) is 1.55. The van der Waals surface area contributed by atoms with E-state index in [2.05, 4.69) is 26.6 Å². The zero-order valence-corrected chi connectivity index (χ0v) is 11.2. The molecule has 0 aromatic heterocycles. The molecule has 0 bridgehead atoms. The lowest BCUT2D eigenvalue weighted by Crippen LogP contribution is -2.38. The highest BCUT2D eigenvalue weighted by atomic mass is 79.9. The van der Waals surface area contributed by atoms with Crippen LogP contribution < -0.4 is 10.6 Å². The van der Waals surface area contributed by atoms with Gasteiger partial charge in [-0.3, -0.25) is 0 Å². The summed E-state index contributed by atoms with van der Waals surface area (Å²) in [6, 6.07) is 3.82. The minimum Gasteiger partial charge on any atom is -0.383 e. The van der Waals surface area contributed by atoms with Crippen molar-refractivity contribution in [3.05, 3.63) is 28.5 Å². The van der Waals surface area contributed by atoms with E-state index in [1.165, 1.54) is 12.1 Å². The van der Waals surface area contributed by atoms with Gasteiger partial charge in [0.2, 0.25) is 0 Å². The van der Waals surface area contributed by atoms with Crippen LogP contribution in [0.5, 0.6) is 0 Å². The van der Waals surface area contributed by atoms with Crippen LogP contribution in [0.25, 0.3) is 0 Å². The number of amides is 2. The standard InChI is InChI=1S/C11H14BrFN2O2/c1-7(6-17-2)14-11(16)15-10-4-3-8(12)5-9(10)13/h3-5,7H,6H2,1-2H3,(H2,14,15,16)/t7-/m0/s1. The molecule has 1 atom stereocenters. The minimum atomic E-state index is -0.492. The quantitative estimate of drug-likeness (QED) is 0.898. The van der Waals surface area contributed by atoms with Crippen LogP contribution in [0.3, 0.4) is 0 Å². The fourth-order valence-electron chi connectivity index (χ4n) is 1.26. The van der Waals surface area contributed by atoms with E-state index in [-0.39, 0.29) is 11.7 Å². The Morgan fingerprint density at radius 1 is 1.59 bits per heavy atom. The van der Waals surface area contributed by atoms with Gasteiger partial charge in [0.1, 0.15) is 5.82 Å². The van der Waals surface area contributed by atoms with Crippen molar-refractivity contribution in [2.24, 2.45) is 0 Å². The first kappa shape index (κ1) is 13.9. The van der Waals surface area contributed by atoms with Crippen molar-refractivity contribution >= 4 is 27.6 Å². The molecule has 94 valence electrons. The molecule has 17 heavy (non-hydrogen) atoms. The monoisotopic (exact) mass is 304 g/mol. The fourth-order valence-corrected chi connectivity index (χ4v) is 1.60. The van der Waals surface area contributed by atoms with E-state index in [4.69, 9.17) is 4.74 Å². The molecule has 0 unspecified atom stereocenters. The Kier molecular flexibility index (Phi) is 5.37. The van der Waals surface area contributed by atoms with Crippen LogP contribution in [-0.2, 0) is 4.74 Å². The Hall–Kier alpha value is -1.14.